The number of ether oxygens (including phenoxy) is 2. The van der Waals surface area contributed by atoms with Crippen LogP contribution in [0.25, 0.3) is 23.0 Å². The lowest BCUT2D eigenvalue weighted by Gasteiger charge is -2.32. The summed E-state index contributed by atoms with van der Waals surface area (Å²) in [6.45, 7) is 1.98. The van der Waals surface area contributed by atoms with E-state index in [4.69, 9.17) is 13.9 Å². The third kappa shape index (κ3) is 5.49. The van der Waals surface area contributed by atoms with Gasteiger partial charge >= 0.3 is 5.97 Å². The summed E-state index contributed by atoms with van der Waals surface area (Å²) >= 11 is 0. The first-order chi connectivity index (χ1) is 20.2. The molecule has 3 heterocycles. The summed E-state index contributed by atoms with van der Waals surface area (Å²) in [6, 6.07) is 17.6. The second kappa shape index (κ2) is 11.5. The number of benzene rings is 2. The smallest absolute Gasteiger partial charge is 0.338 e. The maximum absolute atomic E-state index is 13.9. The quantitative estimate of drug-likeness (QED) is 0.227. The molecule has 11 heteroatoms. The molecular weight excluding hydrogens is 560 g/mol. The standard InChI is InChI=1S/C31H26N2O8S/c1-3-40-31(36)21-6-4-19(5-7-21)27-13-12-24(41-27)16-25-28(20-8-10-23(39-2)11-9-20)26(17-32)30(35)33(29(25)34)22-14-15-42(37,38)18-22/h4-13,16,22H,3,14-15,18H2,1-2H3/b25-16-. The Morgan fingerprint density at radius 1 is 1.05 bits per heavy atom. The van der Waals surface area contributed by atoms with Crippen molar-refractivity contribution in [2.45, 2.75) is 19.4 Å². The highest BCUT2D eigenvalue weighted by atomic mass is 32.2. The largest absolute Gasteiger partial charge is 0.497 e. The molecule has 5 rings (SSSR count). The Hall–Kier alpha value is -4.95. The number of furan rings is 1. The number of methoxy groups -OCH3 is 1. The molecule has 0 N–H and O–H groups in total. The number of nitrogens with zero attached hydrogens (tertiary/aromatic N) is 2. The molecule has 1 atom stereocenters. The Labute approximate surface area is 242 Å². The fourth-order valence-electron chi connectivity index (χ4n) is 5.01. The van der Waals surface area contributed by atoms with Gasteiger partial charge in [0.05, 0.1) is 42.4 Å². The highest BCUT2D eigenvalue weighted by Crippen LogP contribution is 2.38. The number of hydrogen-bond acceptors (Lipinski definition) is 9. The molecule has 10 nitrogen and oxygen atoms in total. The van der Waals surface area contributed by atoms with E-state index < -0.39 is 33.7 Å². The van der Waals surface area contributed by atoms with Gasteiger partial charge in [0.25, 0.3) is 11.8 Å². The highest BCUT2D eigenvalue weighted by Gasteiger charge is 2.45. The first-order valence-electron chi connectivity index (χ1n) is 13.1. The molecule has 2 aliphatic rings. The van der Waals surface area contributed by atoms with E-state index in [-0.39, 0.29) is 47.0 Å². The van der Waals surface area contributed by atoms with Crippen LogP contribution in [0.3, 0.4) is 0 Å². The van der Waals surface area contributed by atoms with Crippen LogP contribution >= 0.6 is 0 Å². The summed E-state index contributed by atoms with van der Waals surface area (Å²) in [5, 5.41) is 10.1. The number of sulfone groups is 1. The van der Waals surface area contributed by atoms with E-state index in [1.165, 1.54) is 13.2 Å². The summed E-state index contributed by atoms with van der Waals surface area (Å²) in [5.74, 6) is -1.25. The van der Waals surface area contributed by atoms with Gasteiger partial charge in [0.15, 0.2) is 9.84 Å². The summed E-state index contributed by atoms with van der Waals surface area (Å²) < 4.78 is 40.6. The van der Waals surface area contributed by atoms with Crippen LogP contribution in [0.5, 0.6) is 5.75 Å². The molecule has 0 aliphatic carbocycles. The van der Waals surface area contributed by atoms with E-state index in [2.05, 4.69) is 0 Å². The minimum atomic E-state index is -3.43. The minimum absolute atomic E-state index is 0.0131. The van der Waals surface area contributed by atoms with Crippen molar-refractivity contribution in [1.29, 1.82) is 5.26 Å². The zero-order valence-electron chi connectivity index (χ0n) is 22.8. The molecule has 2 aromatic carbocycles. The number of carbonyl (C=O) groups is 3. The predicted molar refractivity (Wildman–Crippen MR) is 153 cm³/mol. The van der Waals surface area contributed by atoms with Gasteiger partial charge < -0.3 is 13.9 Å². The van der Waals surface area contributed by atoms with Gasteiger partial charge in [-0.15, -0.1) is 0 Å². The van der Waals surface area contributed by atoms with E-state index in [0.29, 0.717) is 28.2 Å². The first kappa shape index (κ1) is 28.6. The summed E-state index contributed by atoms with van der Waals surface area (Å²) in [7, 11) is -1.93. The Morgan fingerprint density at radius 2 is 1.74 bits per heavy atom. The zero-order valence-corrected chi connectivity index (χ0v) is 23.6. The maximum Gasteiger partial charge on any atom is 0.338 e. The van der Waals surface area contributed by atoms with Gasteiger partial charge in [-0.25, -0.2) is 13.2 Å². The normalized spacial score (nSPS) is 19.2. The number of hydrogen-bond donors (Lipinski definition) is 0. The minimum Gasteiger partial charge on any atom is -0.497 e. The fraction of sp³-hybridized carbons (Fsp3) is 0.226. The van der Waals surface area contributed by atoms with Crippen molar-refractivity contribution in [1.82, 2.24) is 4.90 Å². The molecule has 1 unspecified atom stereocenters. The molecule has 1 fully saturated rings. The second-order valence-electron chi connectivity index (χ2n) is 9.69. The van der Waals surface area contributed by atoms with Crippen LogP contribution in [0.2, 0.25) is 0 Å². The lowest BCUT2D eigenvalue weighted by molar-refractivity contribution is -0.142. The molecule has 3 aromatic rings. The van der Waals surface area contributed by atoms with E-state index in [1.807, 2.05) is 6.07 Å². The molecular formula is C31H26N2O8S. The van der Waals surface area contributed by atoms with Crippen LogP contribution < -0.4 is 4.74 Å². The fourth-order valence-corrected chi connectivity index (χ4v) is 6.71. The average Bonchev–Trinajstić information content (AvgIpc) is 3.60. The molecule has 2 amide bonds. The predicted octanol–water partition coefficient (Wildman–Crippen LogP) is 4.05. The number of imide groups is 1. The van der Waals surface area contributed by atoms with E-state index >= 15 is 0 Å². The third-order valence-corrected chi connectivity index (χ3v) is 8.81. The molecule has 42 heavy (non-hydrogen) atoms. The Bertz CT molecular complexity index is 1770. The van der Waals surface area contributed by atoms with Crippen LogP contribution in [0, 0.1) is 11.3 Å². The molecule has 1 aromatic heterocycles. The van der Waals surface area contributed by atoms with Crippen molar-refractivity contribution >= 4 is 39.3 Å². The molecule has 214 valence electrons. The number of carbonyl (C=O) groups excluding carboxylic acids is 3. The number of esters is 1. The van der Waals surface area contributed by atoms with Gasteiger partial charge in [-0.3, -0.25) is 14.5 Å². The van der Waals surface area contributed by atoms with Crippen molar-refractivity contribution in [3.63, 3.8) is 0 Å². The monoisotopic (exact) mass is 586 g/mol. The van der Waals surface area contributed by atoms with Gasteiger partial charge in [0.1, 0.15) is 28.9 Å². The summed E-state index contributed by atoms with van der Waals surface area (Å²) in [5.41, 5.74) is 1.33. The van der Waals surface area contributed by atoms with Crippen molar-refractivity contribution in [3.8, 4) is 23.1 Å². The van der Waals surface area contributed by atoms with Gasteiger partial charge in [-0.1, -0.05) is 24.3 Å². The van der Waals surface area contributed by atoms with Crippen molar-refractivity contribution in [2.24, 2.45) is 0 Å². The Balaban J connectivity index is 1.58. The second-order valence-corrected chi connectivity index (χ2v) is 11.9. The third-order valence-electron chi connectivity index (χ3n) is 7.06. The lowest BCUT2D eigenvalue weighted by atomic mass is 9.87. The van der Waals surface area contributed by atoms with E-state index in [1.54, 1.807) is 67.6 Å². The Kier molecular flexibility index (Phi) is 7.83. The van der Waals surface area contributed by atoms with Gasteiger partial charge in [-0.2, -0.15) is 5.26 Å². The van der Waals surface area contributed by atoms with Crippen molar-refractivity contribution in [2.75, 3.05) is 25.2 Å². The van der Waals surface area contributed by atoms with Crippen LogP contribution in [-0.4, -0.2) is 62.4 Å². The average molecular weight is 587 g/mol. The van der Waals surface area contributed by atoms with Crippen LogP contribution in [0.15, 0.2) is 76.2 Å². The molecule has 0 spiro atoms. The van der Waals surface area contributed by atoms with Crippen LogP contribution in [-0.2, 0) is 24.2 Å². The summed E-state index contributed by atoms with van der Waals surface area (Å²) in [6.07, 6.45) is 1.54. The zero-order chi connectivity index (χ0) is 30.0. The summed E-state index contributed by atoms with van der Waals surface area (Å²) in [4.78, 5) is 40.3. The lowest BCUT2D eigenvalue weighted by Crippen LogP contribution is -2.49. The van der Waals surface area contributed by atoms with Gasteiger partial charge in [-0.05, 0) is 61.4 Å². The molecule has 1 saturated heterocycles. The molecule has 0 bridgehead atoms. The van der Waals surface area contributed by atoms with Gasteiger partial charge in [0.2, 0.25) is 0 Å². The van der Waals surface area contributed by atoms with Crippen molar-refractivity contribution < 1.29 is 36.7 Å². The SMILES string of the molecule is CCOC(=O)c1ccc(-c2ccc(/C=C3\C(=O)N(C4CCS(=O)(=O)C4)C(=O)C(C#N)=C3c3ccc(OC)cc3)o2)cc1. The van der Waals surface area contributed by atoms with Crippen molar-refractivity contribution in [3.05, 3.63) is 88.7 Å². The van der Waals surface area contributed by atoms with Crippen LogP contribution in [0.1, 0.15) is 35.0 Å². The molecule has 2 aliphatic heterocycles. The maximum atomic E-state index is 13.9. The highest BCUT2D eigenvalue weighted by molar-refractivity contribution is 7.91. The molecule has 0 saturated carbocycles. The topological polar surface area (TPSA) is 144 Å². The first-order valence-corrected chi connectivity index (χ1v) is 14.9. The van der Waals surface area contributed by atoms with E-state index in [0.717, 1.165) is 4.90 Å². The van der Waals surface area contributed by atoms with E-state index in [9.17, 15) is 28.1 Å². The number of nitriles is 1. The van der Waals surface area contributed by atoms with Crippen LogP contribution in [0.4, 0.5) is 0 Å². The Morgan fingerprint density at radius 3 is 2.33 bits per heavy atom. The number of rotatable bonds is 7. The van der Waals surface area contributed by atoms with Gasteiger partial charge in [0, 0.05) is 11.1 Å². The number of amides is 2. The molecule has 0 radical (unpaired) electrons.